The highest BCUT2D eigenvalue weighted by Gasteiger charge is 2.54. The molecule has 0 radical (unpaired) electrons. The highest BCUT2D eigenvalue weighted by molar-refractivity contribution is 6.08. The second kappa shape index (κ2) is 7.82. The molecule has 164 valence electrons. The molecule has 0 saturated carbocycles. The Hall–Kier alpha value is -3.61. The van der Waals surface area contributed by atoms with Gasteiger partial charge in [-0.1, -0.05) is 60.2 Å². The van der Waals surface area contributed by atoms with Gasteiger partial charge in [0.15, 0.2) is 12.2 Å². The van der Waals surface area contributed by atoms with E-state index in [4.69, 9.17) is 4.99 Å². The van der Waals surface area contributed by atoms with Gasteiger partial charge >= 0.3 is 6.03 Å². The minimum atomic E-state index is -0.493. The number of likely N-dealkylation sites (N-methyl/N-ethyl adjacent to an activating group) is 1. The standard InChI is InChI=1S/C25H27N5O2/c1-17-11-12-20(18(2)16-17)28-14-15-29-21-22(26-24(28)29)27(3)25(32)30(23(21)31)13-7-10-19-8-5-4-6-9-19/h4-12,16,21-22H,13-15H2,1-3H3/b10-7+. The van der Waals surface area contributed by atoms with Crippen molar-refractivity contribution in [2.75, 3.05) is 31.6 Å². The summed E-state index contributed by atoms with van der Waals surface area (Å²) in [6.45, 7) is 5.88. The number of benzene rings is 2. The number of carbonyl (C=O) groups is 2. The molecule has 2 atom stereocenters. The van der Waals surface area contributed by atoms with Crippen LogP contribution < -0.4 is 4.90 Å². The van der Waals surface area contributed by atoms with Crippen LogP contribution >= 0.6 is 0 Å². The van der Waals surface area contributed by atoms with Gasteiger partial charge in [0.05, 0.1) is 0 Å². The highest BCUT2D eigenvalue weighted by Crippen LogP contribution is 2.34. The van der Waals surface area contributed by atoms with Crippen LogP contribution in [0.2, 0.25) is 0 Å². The van der Waals surface area contributed by atoms with Gasteiger partial charge in [-0.05, 0) is 31.0 Å². The van der Waals surface area contributed by atoms with Crippen molar-refractivity contribution in [3.8, 4) is 0 Å². The summed E-state index contributed by atoms with van der Waals surface area (Å²) < 4.78 is 0. The molecule has 0 aliphatic carbocycles. The normalized spacial score (nSPS) is 22.7. The van der Waals surface area contributed by atoms with Crippen LogP contribution in [0.1, 0.15) is 16.7 Å². The third-order valence-electron chi connectivity index (χ3n) is 6.42. The highest BCUT2D eigenvalue weighted by atomic mass is 16.2. The monoisotopic (exact) mass is 429 g/mol. The smallest absolute Gasteiger partial charge is 0.325 e. The number of amides is 3. The Balaban J connectivity index is 1.38. The van der Waals surface area contributed by atoms with Crippen molar-refractivity contribution in [1.29, 1.82) is 0 Å². The summed E-state index contributed by atoms with van der Waals surface area (Å²) in [6.07, 6.45) is 3.30. The summed E-state index contributed by atoms with van der Waals surface area (Å²) in [6, 6.07) is 15.4. The number of carbonyl (C=O) groups excluding carboxylic acids is 2. The molecule has 32 heavy (non-hydrogen) atoms. The molecular formula is C25H27N5O2. The van der Waals surface area contributed by atoms with Crippen molar-refractivity contribution in [3.63, 3.8) is 0 Å². The SMILES string of the molecule is Cc1ccc(N2CCN3C2=NC2C3C(=O)N(C/C=C/c3ccccc3)C(=O)N2C)c(C)c1. The number of anilines is 1. The van der Waals surface area contributed by atoms with Crippen molar-refractivity contribution in [1.82, 2.24) is 14.7 Å². The largest absolute Gasteiger partial charge is 0.328 e. The minimum Gasteiger partial charge on any atom is -0.325 e. The van der Waals surface area contributed by atoms with Crippen LogP contribution in [0.25, 0.3) is 6.08 Å². The van der Waals surface area contributed by atoms with Gasteiger partial charge in [0.2, 0.25) is 5.96 Å². The zero-order chi connectivity index (χ0) is 22.4. The average Bonchev–Trinajstić information content (AvgIpc) is 3.35. The molecule has 7 nitrogen and oxygen atoms in total. The second-order valence-corrected chi connectivity index (χ2v) is 8.58. The maximum absolute atomic E-state index is 13.4. The van der Waals surface area contributed by atoms with Crippen LogP contribution in [-0.4, -0.2) is 71.5 Å². The van der Waals surface area contributed by atoms with Gasteiger partial charge in [-0.3, -0.25) is 9.69 Å². The van der Waals surface area contributed by atoms with Gasteiger partial charge in [0.25, 0.3) is 5.91 Å². The molecule has 0 bridgehead atoms. The average molecular weight is 430 g/mol. The first-order chi connectivity index (χ1) is 15.5. The Labute approximate surface area is 188 Å². The van der Waals surface area contributed by atoms with Crippen LogP contribution in [-0.2, 0) is 4.79 Å². The Morgan fingerprint density at radius 2 is 1.84 bits per heavy atom. The number of urea groups is 1. The van der Waals surface area contributed by atoms with Crippen molar-refractivity contribution >= 4 is 29.7 Å². The summed E-state index contributed by atoms with van der Waals surface area (Å²) in [7, 11) is 1.73. The first-order valence-corrected chi connectivity index (χ1v) is 10.9. The molecule has 3 aliphatic heterocycles. The van der Waals surface area contributed by atoms with E-state index in [1.807, 2.05) is 42.5 Å². The molecule has 3 amide bonds. The topological polar surface area (TPSA) is 59.5 Å². The summed E-state index contributed by atoms with van der Waals surface area (Å²) in [4.78, 5) is 38.4. The zero-order valence-electron chi connectivity index (χ0n) is 18.6. The van der Waals surface area contributed by atoms with E-state index in [1.165, 1.54) is 16.0 Å². The number of hydrogen-bond acceptors (Lipinski definition) is 5. The number of aliphatic imine (C=N–C) groups is 1. The van der Waals surface area contributed by atoms with E-state index in [9.17, 15) is 9.59 Å². The second-order valence-electron chi connectivity index (χ2n) is 8.58. The van der Waals surface area contributed by atoms with Crippen molar-refractivity contribution in [2.24, 2.45) is 4.99 Å². The molecule has 2 fully saturated rings. The Morgan fingerprint density at radius 1 is 1.06 bits per heavy atom. The first-order valence-electron chi connectivity index (χ1n) is 10.9. The molecule has 7 heteroatoms. The van der Waals surface area contributed by atoms with Gasteiger partial charge in [0, 0.05) is 32.4 Å². The van der Waals surface area contributed by atoms with E-state index in [1.54, 1.807) is 11.9 Å². The first kappa shape index (κ1) is 20.3. The Kier molecular flexibility index (Phi) is 4.96. The number of nitrogens with zero attached hydrogens (tertiary/aromatic N) is 5. The fourth-order valence-electron chi connectivity index (χ4n) is 4.80. The fourth-order valence-corrected chi connectivity index (χ4v) is 4.80. The van der Waals surface area contributed by atoms with Gasteiger partial charge in [-0.2, -0.15) is 0 Å². The number of aryl methyl sites for hydroxylation is 2. The van der Waals surface area contributed by atoms with Crippen LogP contribution in [0, 0.1) is 13.8 Å². The van der Waals surface area contributed by atoms with Gasteiger partial charge < -0.3 is 14.7 Å². The van der Waals surface area contributed by atoms with Crippen LogP contribution in [0.4, 0.5) is 10.5 Å². The number of imide groups is 1. The van der Waals surface area contributed by atoms with Crippen LogP contribution in [0.3, 0.4) is 0 Å². The number of rotatable bonds is 4. The predicted octanol–water partition coefficient (Wildman–Crippen LogP) is 3.10. The van der Waals surface area contributed by atoms with Gasteiger partial charge in [-0.25, -0.2) is 9.79 Å². The number of hydrogen-bond donors (Lipinski definition) is 0. The minimum absolute atomic E-state index is 0.183. The maximum Gasteiger partial charge on any atom is 0.328 e. The van der Waals surface area contributed by atoms with Crippen molar-refractivity contribution < 1.29 is 9.59 Å². The molecule has 3 aliphatic rings. The van der Waals surface area contributed by atoms with E-state index in [0.29, 0.717) is 6.54 Å². The lowest BCUT2D eigenvalue weighted by Gasteiger charge is -2.40. The third kappa shape index (κ3) is 3.25. The summed E-state index contributed by atoms with van der Waals surface area (Å²) >= 11 is 0. The molecule has 2 unspecified atom stereocenters. The summed E-state index contributed by atoms with van der Waals surface area (Å²) in [5.74, 6) is 0.596. The molecule has 2 aromatic carbocycles. The Bertz CT molecular complexity index is 1130. The Morgan fingerprint density at radius 3 is 2.59 bits per heavy atom. The van der Waals surface area contributed by atoms with Crippen molar-refractivity contribution in [3.05, 3.63) is 71.3 Å². The van der Waals surface area contributed by atoms with Gasteiger partial charge in [0.1, 0.15) is 0 Å². The molecule has 0 spiro atoms. The lowest BCUT2D eigenvalue weighted by molar-refractivity contribution is -0.136. The van der Waals surface area contributed by atoms with E-state index >= 15 is 0 Å². The van der Waals surface area contributed by atoms with Crippen LogP contribution in [0.15, 0.2) is 59.6 Å². The zero-order valence-corrected chi connectivity index (χ0v) is 18.6. The number of fused-ring (bicyclic) bond motifs is 3. The molecule has 0 aromatic heterocycles. The predicted molar refractivity (Wildman–Crippen MR) is 125 cm³/mol. The molecule has 5 rings (SSSR count). The summed E-state index contributed by atoms with van der Waals surface area (Å²) in [5, 5.41) is 0. The third-order valence-corrected chi connectivity index (χ3v) is 6.42. The van der Waals surface area contributed by atoms with E-state index < -0.39 is 12.2 Å². The van der Waals surface area contributed by atoms with E-state index in [-0.39, 0.29) is 18.5 Å². The molecule has 2 saturated heterocycles. The fraction of sp³-hybridized carbons (Fsp3) is 0.320. The van der Waals surface area contributed by atoms with Gasteiger partial charge in [-0.15, -0.1) is 0 Å². The maximum atomic E-state index is 13.4. The van der Waals surface area contributed by atoms with Crippen molar-refractivity contribution in [2.45, 2.75) is 26.1 Å². The lowest BCUT2D eigenvalue weighted by atomic mass is 10.1. The summed E-state index contributed by atoms with van der Waals surface area (Å²) in [5.41, 5.74) is 4.52. The lowest BCUT2D eigenvalue weighted by Crippen LogP contribution is -2.64. The number of guanidine groups is 1. The molecule has 3 heterocycles. The quantitative estimate of drug-likeness (QED) is 0.750. The molecule has 2 aromatic rings. The molecular weight excluding hydrogens is 402 g/mol. The molecule has 0 N–H and O–H groups in total. The van der Waals surface area contributed by atoms with E-state index in [2.05, 4.69) is 41.8 Å². The van der Waals surface area contributed by atoms with Crippen LogP contribution in [0.5, 0.6) is 0 Å². The van der Waals surface area contributed by atoms with E-state index in [0.717, 1.165) is 23.8 Å².